The van der Waals surface area contributed by atoms with E-state index in [1.54, 1.807) is 6.07 Å². The summed E-state index contributed by atoms with van der Waals surface area (Å²) in [5.74, 6) is 0.474. The Kier molecular flexibility index (Phi) is 5.38. The molecule has 4 heteroatoms. The number of phenolic OH excluding ortho intramolecular Hbond substituents is 1. The van der Waals surface area contributed by atoms with Gasteiger partial charge in [0.15, 0.2) is 0 Å². The Balaban J connectivity index is 1.76. The molecular weight excluding hydrogens is 255 g/mol. The van der Waals surface area contributed by atoms with Crippen molar-refractivity contribution in [3.8, 4) is 5.75 Å². The summed E-state index contributed by atoms with van der Waals surface area (Å²) in [7, 11) is 0. The molecule has 1 fully saturated rings. The van der Waals surface area contributed by atoms with Crippen LogP contribution >= 0.6 is 0 Å². The largest absolute Gasteiger partial charge is 0.508 e. The zero-order valence-electron chi connectivity index (χ0n) is 12.4. The van der Waals surface area contributed by atoms with E-state index in [1.807, 2.05) is 6.92 Å². The Labute approximate surface area is 120 Å². The maximum Gasteiger partial charge on any atom is 0.131 e. The van der Waals surface area contributed by atoms with Gasteiger partial charge in [-0.05, 0) is 44.8 Å². The van der Waals surface area contributed by atoms with Gasteiger partial charge >= 0.3 is 0 Å². The highest BCUT2D eigenvalue weighted by Gasteiger charge is 2.16. The monoisotopic (exact) mass is 280 g/mol. The molecule has 1 atom stereocenters. The van der Waals surface area contributed by atoms with Crippen LogP contribution in [-0.2, 0) is 0 Å². The zero-order valence-corrected chi connectivity index (χ0v) is 12.4. The highest BCUT2D eigenvalue weighted by atomic mass is 19.1. The first-order valence-electron chi connectivity index (χ1n) is 7.50. The first-order chi connectivity index (χ1) is 9.56. The van der Waals surface area contributed by atoms with Crippen LogP contribution in [0.2, 0.25) is 0 Å². The number of nitrogens with one attached hydrogen (secondary N) is 1. The fourth-order valence-electron chi connectivity index (χ4n) is 2.70. The molecule has 1 heterocycles. The van der Waals surface area contributed by atoms with E-state index < -0.39 is 0 Å². The zero-order chi connectivity index (χ0) is 14.5. The normalized spacial score (nSPS) is 19.1. The van der Waals surface area contributed by atoms with Crippen LogP contribution < -0.4 is 5.32 Å². The molecule has 1 aliphatic heterocycles. The number of phenols is 1. The van der Waals surface area contributed by atoms with Crippen LogP contribution in [-0.4, -0.2) is 36.2 Å². The highest BCUT2D eigenvalue weighted by Crippen LogP contribution is 2.21. The molecule has 20 heavy (non-hydrogen) atoms. The molecule has 0 amide bonds. The van der Waals surface area contributed by atoms with E-state index in [-0.39, 0.29) is 17.6 Å². The second-order valence-corrected chi connectivity index (χ2v) is 5.91. The van der Waals surface area contributed by atoms with E-state index in [4.69, 9.17) is 0 Å². The Morgan fingerprint density at radius 3 is 2.75 bits per heavy atom. The molecule has 1 unspecified atom stereocenters. The lowest BCUT2D eigenvalue weighted by molar-refractivity contribution is 0.191. The van der Waals surface area contributed by atoms with Crippen molar-refractivity contribution in [2.45, 2.75) is 32.7 Å². The Morgan fingerprint density at radius 1 is 1.40 bits per heavy atom. The average molecular weight is 280 g/mol. The molecule has 1 aliphatic rings. The molecule has 0 aliphatic carbocycles. The molecule has 0 bridgehead atoms. The van der Waals surface area contributed by atoms with Crippen molar-refractivity contribution in [1.82, 2.24) is 10.2 Å². The van der Waals surface area contributed by atoms with Crippen molar-refractivity contribution in [3.05, 3.63) is 29.6 Å². The minimum Gasteiger partial charge on any atom is -0.508 e. The standard InChI is InChI=1S/C16H25FN2O/c1-12-5-8-19(9-6-12)10-7-18-13(2)15-4-3-14(20)11-16(15)17/h3-4,11-13,18,20H,5-10H2,1-2H3. The Hall–Kier alpha value is -1.13. The van der Waals surface area contributed by atoms with Crippen molar-refractivity contribution >= 4 is 0 Å². The summed E-state index contributed by atoms with van der Waals surface area (Å²) < 4.78 is 13.7. The van der Waals surface area contributed by atoms with Gasteiger partial charge in [0.25, 0.3) is 0 Å². The average Bonchev–Trinajstić information content (AvgIpc) is 2.41. The van der Waals surface area contributed by atoms with Crippen LogP contribution in [0.4, 0.5) is 4.39 Å². The lowest BCUT2D eigenvalue weighted by Gasteiger charge is -2.30. The SMILES string of the molecule is CC1CCN(CCNC(C)c2ccc(O)cc2F)CC1. The van der Waals surface area contributed by atoms with Gasteiger partial charge in [-0.2, -0.15) is 0 Å². The van der Waals surface area contributed by atoms with Gasteiger partial charge in [-0.15, -0.1) is 0 Å². The number of aromatic hydroxyl groups is 1. The van der Waals surface area contributed by atoms with Crippen LogP contribution in [0.5, 0.6) is 5.75 Å². The first-order valence-corrected chi connectivity index (χ1v) is 7.50. The van der Waals surface area contributed by atoms with Crippen molar-refractivity contribution in [1.29, 1.82) is 0 Å². The third-order valence-corrected chi connectivity index (χ3v) is 4.21. The van der Waals surface area contributed by atoms with Gasteiger partial charge in [0.05, 0.1) is 0 Å². The molecule has 2 N–H and O–H groups in total. The molecule has 1 aromatic carbocycles. The summed E-state index contributed by atoms with van der Waals surface area (Å²) in [6.45, 7) is 8.47. The summed E-state index contributed by atoms with van der Waals surface area (Å²) in [5.41, 5.74) is 0.607. The molecule has 0 spiro atoms. The summed E-state index contributed by atoms with van der Waals surface area (Å²) in [5, 5.41) is 12.6. The number of likely N-dealkylation sites (tertiary alicyclic amines) is 1. The van der Waals surface area contributed by atoms with E-state index in [0.29, 0.717) is 5.56 Å². The number of piperidine rings is 1. The minimum atomic E-state index is -0.350. The number of halogens is 1. The van der Waals surface area contributed by atoms with E-state index >= 15 is 0 Å². The molecule has 0 radical (unpaired) electrons. The smallest absolute Gasteiger partial charge is 0.131 e. The molecule has 3 nitrogen and oxygen atoms in total. The van der Waals surface area contributed by atoms with Crippen molar-refractivity contribution in [3.63, 3.8) is 0 Å². The van der Waals surface area contributed by atoms with E-state index in [1.165, 1.54) is 38.1 Å². The van der Waals surface area contributed by atoms with Crippen LogP contribution in [0.25, 0.3) is 0 Å². The second kappa shape index (κ2) is 7.04. The third-order valence-electron chi connectivity index (χ3n) is 4.21. The number of hydrogen-bond acceptors (Lipinski definition) is 3. The van der Waals surface area contributed by atoms with Gasteiger partial charge in [0, 0.05) is 30.8 Å². The van der Waals surface area contributed by atoms with E-state index in [2.05, 4.69) is 17.1 Å². The lowest BCUT2D eigenvalue weighted by Crippen LogP contribution is -2.38. The van der Waals surface area contributed by atoms with Gasteiger partial charge in [-0.25, -0.2) is 4.39 Å². The highest BCUT2D eigenvalue weighted by molar-refractivity contribution is 5.29. The van der Waals surface area contributed by atoms with Gasteiger partial charge in [-0.3, -0.25) is 0 Å². The maximum atomic E-state index is 13.7. The van der Waals surface area contributed by atoms with Crippen LogP contribution in [0.3, 0.4) is 0 Å². The van der Waals surface area contributed by atoms with Gasteiger partial charge in [-0.1, -0.05) is 13.0 Å². The quantitative estimate of drug-likeness (QED) is 0.870. The minimum absolute atomic E-state index is 0.0270. The van der Waals surface area contributed by atoms with Gasteiger partial charge < -0.3 is 15.3 Å². The molecule has 1 aromatic rings. The Morgan fingerprint density at radius 2 is 2.10 bits per heavy atom. The van der Waals surface area contributed by atoms with Gasteiger partial charge in [0.2, 0.25) is 0 Å². The predicted molar refractivity (Wildman–Crippen MR) is 79.3 cm³/mol. The maximum absolute atomic E-state index is 13.7. The van der Waals surface area contributed by atoms with Crippen LogP contribution in [0.1, 0.15) is 38.3 Å². The van der Waals surface area contributed by atoms with Crippen LogP contribution in [0, 0.1) is 11.7 Å². The number of nitrogens with zero attached hydrogens (tertiary/aromatic N) is 1. The van der Waals surface area contributed by atoms with Crippen LogP contribution in [0.15, 0.2) is 18.2 Å². The summed E-state index contributed by atoms with van der Waals surface area (Å²) in [4.78, 5) is 2.47. The molecule has 0 saturated carbocycles. The molecule has 1 saturated heterocycles. The summed E-state index contributed by atoms with van der Waals surface area (Å²) in [6, 6.07) is 4.30. The summed E-state index contributed by atoms with van der Waals surface area (Å²) in [6.07, 6.45) is 2.56. The first kappa shape index (κ1) is 15.3. The number of benzene rings is 1. The van der Waals surface area contributed by atoms with E-state index in [9.17, 15) is 9.50 Å². The molecule has 0 aromatic heterocycles. The Bertz CT molecular complexity index is 430. The molecular formula is C16H25FN2O. The predicted octanol–water partition coefficient (Wildman–Crippen LogP) is 2.91. The lowest BCUT2D eigenvalue weighted by atomic mass is 9.99. The van der Waals surface area contributed by atoms with E-state index in [0.717, 1.165) is 19.0 Å². The van der Waals surface area contributed by atoms with Crippen molar-refractivity contribution in [2.75, 3.05) is 26.2 Å². The van der Waals surface area contributed by atoms with Gasteiger partial charge in [0.1, 0.15) is 11.6 Å². The fourth-order valence-corrected chi connectivity index (χ4v) is 2.70. The second-order valence-electron chi connectivity index (χ2n) is 5.91. The molecule has 2 rings (SSSR count). The molecule has 112 valence electrons. The summed E-state index contributed by atoms with van der Waals surface area (Å²) >= 11 is 0. The number of rotatable bonds is 5. The van der Waals surface area contributed by atoms with Crippen molar-refractivity contribution < 1.29 is 9.50 Å². The number of hydrogen-bond donors (Lipinski definition) is 2. The topological polar surface area (TPSA) is 35.5 Å². The van der Waals surface area contributed by atoms with Crippen molar-refractivity contribution in [2.24, 2.45) is 5.92 Å². The fraction of sp³-hybridized carbons (Fsp3) is 0.625. The third kappa shape index (κ3) is 4.18.